The predicted octanol–water partition coefficient (Wildman–Crippen LogP) is 3.64. The van der Waals surface area contributed by atoms with Crippen LogP contribution in [0.5, 0.6) is 5.75 Å². The fourth-order valence-electron chi connectivity index (χ4n) is 3.15. The zero-order valence-electron chi connectivity index (χ0n) is 16.3. The first-order chi connectivity index (χ1) is 14.5. The lowest BCUT2D eigenvalue weighted by atomic mass is 10.2. The summed E-state index contributed by atoms with van der Waals surface area (Å²) in [7, 11) is -3.21. The van der Waals surface area contributed by atoms with Crippen LogP contribution in [0.3, 0.4) is 0 Å². The lowest BCUT2D eigenvalue weighted by Crippen LogP contribution is -2.34. The smallest absolute Gasteiger partial charge is 0.238 e. The van der Waals surface area contributed by atoms with Crippen LogP contribution in [-0.2, 0) is 10.0 Å². The van der Waals surface area contributed by atoms with Crippen LogP contribution >= 0.6 is 15.9 Å². The van der Waals surface area contributed by atoms with Crippen LogP contribution < -0.4 is 14.8 Å². The topological polar surface area (TPSA) is 108 Å². The van der Waals surface area contributed by atoms with E-state index in [0.717, 1.165) is 13.2 Å². The van der Waals surface area contributed by atoms with Gasteiger partial charge in [0, 0.05) is 10.5 Å². The van der Waals surface area contributed by atoms with Crippen LogP contribution in [0.2, 0.25) is 0 Å². The molecular weight excluding hydrogens is 505 g/mol. The van der Waals surface area contributed by atoms with E-state index in [-0.39, 0.29) is 24.9 Å². The Balaban J connectivity index is 2.05. The van der Waals surface area contributed by atoms with Crippen molar-refractivity contribution in [2.24, 2.45) is 0 Å². The Kier molecular flexibility index (Phi) is 6.75. The number of methoxy groups -OCH3 is 1. The largest absolute Gasteiger partial charge is 0.493 e. The predicted molar refractivity (Wildman–Crippen MR) is 113 cm³/mol. The average molecular weight is 525 g/mol. The highest BCUT2D eigenvalue weighted by Gasteiger charge is 2.55. The monoisotopic (exact) mass is 524 g/mol. The maximum Gasteiger partial charge on any atom is 0.238 e. The summed E-state index contributed by atoms with van der Waals surface area (Å²) < 4.78 is 75.7. The Hall–Kier alpha value is -2.02. The van der Waals surface area contributed by atoms with Gasteiger partial charge in [0.15, 0.2) is 17.4 Å². The zero-order valence-corrected chi connectivity index (χ0v) is 18.7. The molecule has 0 heterocycles. The van der Waals surface area contributed by atoms with E-state index in [4.69, 9.17) is 9.84 Å². The van der Waals surface area contributed by atoms with Gasteiger partial charge < -0.3 is 20.3 Å². The van der Waals surface area contributed by atoms with Crippen molar-refractivity contribution < 1.29 is 36.5 Å². The number of aliphatic hydroxyl groups is 2. The van der Waals surface area contributed by atoms with Crippen molar-refractivity contribution in [2.75, 3.05) is 23.8 Å². The van der Waals surface area contributed by atoms with Crippen molar-refractivity contribution in [3.63, 3.8) is 0 Å². The van der Waals surface area contributed by atoms with Crippen LogP contribution in [0.4, 0.5) is 30.2 Å². The maximum absolute atomic E-state index is 15.0. The molecule has 0 spiro atoms. The highest BCUT2D eigenvalue weighted by Crippen LogP contribution is 2.49. The van der Waals surface area contributed by atoms with Gasteiger partial charge >= 0.3 is 0 Å². The first kappa shape index (κ1) is 23.6. The molecule has 1 saturated carbocycles. The van der Waals surface area contributed by atoms with E-state index in [1.165, 1.54) is 12.1 Å². The lowest BCUT2D eigenvalue weighted by molar-refractivity contribution is 0.0858. The SMILES string of the molecule is COc1cc(F)c(NS(=O)(=O)C2(CC(O)CO)CC2)c(Nc2ccc(Br)cc2F)c1F. The number of ether oxygens (including phenoxy) is 1. The third kappa shape index (κ3) is 4.76. The standard InChI is InChI=1S/C19H20BrF3N2O5S/c1-30-15-7-13(22)17(25-31(28,29)19(4-5-19)8-11(27)9-26)18(16(15)23)24-14-3-2-10(20)6-12(14)21/h2-3,6-7,11,24-27H,4-5,8-9H2,1H3. The van der Waals surface area contributed by atoms with Crippen LogP contribution in [0.25, 0.3) is 0 Å². The number of hydrogen-bond acceptors (Lipinski definition) is 6. The summed E-state index contributed by atoms with van der Waals surface area (Å²) in [6, 6.07) is 4.47. The molecule has 2 aromatic carbocycles. The molecule has 31 heavy (non-hydrogen) atoms. The summed E-state index contributed by atoms with van der Waals surface area (Å²) in [6.07, 6.45) is -1.22. The molecule has 3 rings (SSSR count). The number of rotatable bonds is 9. The van der Waals surface area contributed by atoms with E-state index >= 15 is 0 Å². The third-order valence-corrected chi connectivity index (χ3v) is 7.71. The number of hydrogen-bond donors (Lipinski definition) is 4. The first-order valence-corrected chi connectivity index (χ1v) is 11.4. The van der Waals surface area contributed by atoms with Gasteiger partial charge in [-0.2, -0.15) is 0 Å². The Labute approximate surface area is 185 Å². The molecule has 0 saturated heterocycles. The number of benzene rings is 2. The molecule has 1 fully saturated rings. The molecule has 0 bridgehead atoms. The summed E-state index contributed by atoms with van der Waals surface area (Å²) in [5.74, 6) is -3.60. The summed E-state index contributed by atoms with van der Waals surface area (Å²) in [5, 5.41) is 21.1. The molecule has 4 N–H and O–H groups in total. The number of nitrogens with one attached hydrogen (secondary N) is 2. The van der Waals surface area contributed by atoms with Crippen molar-refractivity contribution in [1.82, 2.24) is 0 Å². The molecule has 170 valence electrons. The lowest BCUT2D eigenvalue weighted by Gasteiger charge is -2.22. The zero-order chi connectivity index (χ0) is 23.0. The fraction of sp³-hybridized carbons (Fsp3) is 0.368. The van der Waals surface area contributed by atoms with Gasteiger partial charge in [-0.3, -0.25) is 4.72 Å². The van der Waals surface area contributed by atoms with Gasteiger partial charge in [0.1, 0.15) is 17.2 Å². The molecular formula is C19H20BrF3N2O5S. The number of halogens is 4. The third-order valence-electron chi connectivity index (χ3n) is 5.03. The van der Waals surface area contributed by atoms with Crippen molar-refractivity contribution >= 4 is 43.0 Å². The Bertz CT molecular complexity index is 1100. The molecule has 1 aliphatic rings. The second-order valence-corrected chi connectivity index (χ2v) is 10.2. The minimum Gasteiger partial charge on any atom is -0.493 e. The summed E-state index contributed by atoms with van der Waals surface area (Å²) in [6.45, 7) is -0.640. The molecule has 0 aromatic heterocycles. The minimum absolute atomic E-state index is 0.170. The van der Waals surface area contributed by atoms with Gasteiger partial charge in [-0.25, -0.2) is 21.6 Å². The van der Waals surface area contributed by atoms with Gasteiger partial charge in [0.05, 0.1) is 30.3 Å². The molecule has 0 amide bonds. The van der Waals surface area contributed by atoms with Gasteiger partial charge in [0.2, 0.25) is 10.0 Å². The second kappa shape index (κ2) is 8.85. The van der Waals surface area contributed by atoms with Crippen molar-refractivity contribution in [1.29, 1.82) is 0 Å². The summed E-state index contributed by atoms with van der Waals surface area (Å²) in [5.41, 5.74) is -1.66. The van der Waals surface area contributed by atoms with Gasteiger partial charge in [-0.1, -0.05) is 15.9 Å². The number of anilines is 3. The Morgan fingerprint density at radius 3 is 2.42 bits per heavy atom. The molecule has 1 atom stereocenters. The maximum atomic E-state index is 15.0. The van der Waals surface area contributed by atoms with Crippen molar-refractivity contribution in [3.05, 3.63) is 46.2 Å². The van der Waals surface area contributed by atoms with Gasteiger partial charge in [-0.05, 0) is 37.5 Å². The second-order valence-electron chi connectivity index (χ2n) is 7.20. The normalized spacial score (nSPS) is 16.0. The van der Waals surface area contributed by atoms with Crippen LogP contribution in [0.1, 0.15) is 19.3 Å². The highest BCUT2D eigenvalue weighted by atomic mass is 79.9. The Morgan fingerprint density at radius 1 is 1.19 bits per heavy atom. The van der Waals surface area contributed by atoms with E-state index < -0.39 is 62.1 Å². The number of sulfonamides is 1. The van der Waals surface area contributed by atoms with Gasteiger partial charge in [-0.15, -0.1) is 0 Å². The van der Waals surface area contributed by atoms with Crippen LogP contribution in [0.15, 0.2) is 28.7 Å². The van der Waals surface area contributed by atoms with Gasteiger partial charge in [0.25, 0.3) is 0 Å². The summed E-state index contributed by atoms with van der Waals surface area (Å²) >= 11 is 3.09. The summed E-state index contributed by atoms with van der Waals surface area (Å²) in [4.78, 5) is 0. The van der Waals surface area contributed by atoms with E-state index in [1.807, 2.05) is 4.72 Å². The molecule has 2 aromatic rings. The molecule has 0 aliphatic heterocycles. The number of aliphatic hydroxyl groups excluding tert-OH is 2. The molecule has 1 aliphatic carbocycles. The van der Waals surface area contributed by atoms with E-state index in [2.05, 4.69) is 21.2 Å². The van der Waals surface area contributed by atoms with Crippen molar-refractivity contribution in [3.8, 4) is 5.75 Å². The molecule has 7 nitrogen and oxygen atoms in total. The molecule has 12 heteroatoms. The van der Waals surface area contributed by atoms with E-state index in [0.29, 0.717) is 10.5 Å². The Morgan fingerprint density at radius 2 is 1.87 bits per heavy atom. The van der Waals surface area contributed by atoms with Crippen LogP contribution in [0, 0.1) is 17.5 Å². The quantitative estimate of drug-likeness (QED) is 0.399. The molecule has 1 unspecified atom stereocenters. The minimum atomic E-state index is -4.31. The van der Waals surface area contributed by atoms with E-state index in [9.17, 15) is 26.7 Å². The van der Waals surface area contributed by atoms with E-state index in [1.54, 1.807) is 0 Å². The average Bonchev–Trinajstić information content (AvgIpc) is 3.49. The fourth-order valence-corrected chi connectivity index (χ4v) is 5.22. The highest BCUT2D eigenvalue weighted by molar-refractivity contribution is 9.10. The van der Waals surface area contributed by atoms with Crippen LogP contribution in [-0.4, -0.2) is 43.2 Å². The molecule has 0 radical (unpaired) electrons. The van der Waals surface area contributed by atoms with Crippen molar-refractivity contribution in [2.45, 2.75) is 30.1 Å². The first-order valence-electron chi connectivity index (χ1n) is 9.13.